The van der Waals surface area contributed by atoms with Gasteiger partial charge in [-0.15, -0.1) is 0 Å². The molecule has 0 saturated carbocycles. The molecule has 3 aromatic rings. The lowest BCUT2D eigenvalue weighted by molar-refractivity contribution is 0.100. The average Bonchev–Trinajstić information content (AvgIpc) is 3.12. The monoisotopic (exact) mass is 359 g/mol. The van der Waals surface area contributed by atoms with Crippen molar-refractivity contribution < 1.29 is 9.59 Å². The molecular weight excluding hydrogens is 338 g/mol. The largest absolute Gasteiger partial charge is 0.383 e. The standard InChI is InChI=1S/C22H21N3O2/c1-16-9-11-18(12-10-16)25-15-19(22(27)17-7-5-4-6-8-17)21(23-25)20(26)13-14-24(2)3/h4-15H,1-3H3/b14-13+. The van der Waals surface area contributed by atoms with E-state index in [9.17, 15) is 9.59 Å². The predicted molar refractivity (Wildman–Crippen MR) is 105 cm³/mol. The van der Waals surface area contributed by atoms with Gasteiger partial charge in [0.1, 0.15) is 5.69 Å². The Morgan fingerprint density at radius 2 is 1.67 bits per heavy atom. The van der Waals surface area contributed by atoms with Gasteiger partial charge in [0.05, 0.1) is 11.3 Å². The second-order valence-corrected chi connectivity index (χ2v) is 6.51. The maximum atomic E-state index is 13.0. The van der Waals surface area contributed by atoms with Crippen LogP contribution in [0.1, 0.15) is 32.0 Å². The average molecular weight is 359 g/mol. The van der Waals surface area contributed by atoms with E-state index in [0.29, 0.717) is 5.56 Å². The Labute approximate surface area is 158 Å². The molecule has 0 saturated heterocycles. The zero-order chi connectivity index (χ0) is 19.4. The van der Waals surface area contributed by atoms with Crippen LogP contribution in [0.15, 0.2) is 73.1 Å². The summed E-state index contributed by atoms with van der Waals surface area (Å²) in [6.45, 7) is 2.00. The highest BCUT2D eigenvalue weighted by molar-refractivity contribution is 6.17. The first-order valence-electron chi connectivity index (χ1n) is 8.61. The Bertz CT molecular complexity index is 984. The minimum atomic E-state index is -0.311. The van der Waals surface area contributed by atoms with Crippen molar-refractivity contribution in [2.75, 3.05) is 14.1 Å². The summed E-state index contributed by atoms with van der Waals surface area (Å²) in [5, 5.41) is 4.41. The molecule has 1 aromatic heterocycles. The molecule has 3 rings (SSSR count). The first-order valence-corrected chi connectivity index (χ1v) is 8.61. The third-order valence-electron chi connectivity index (χ3n) is 4.05. The molecule has 2 aromatic carbocycles. The van der Waals surface area contributed by atoms with Crippen molar-refractivity contribution in [3.05, 3.63) is 95.5 Å². The number of benzene rings is 2. The molecule has 5 heteroatoms. The van der Waals surface area contributed by atoms with E-state index in [1.165, 1.54) is 6.08 Å². The number of allylic oxidation sites excluding steroid dienone is 1. The molecule has 0 N–H and O–H groups in total. The van der Waals surface area contributed by atoms with Crippen LogP contribution >= 0.6 is 0 Å². The zero-order valence-electron chi connectivity index (χ0n) is 15.6. The number of rotatable bonds is 6. The van der Waals surface area contributed by atoms with Crippen molar-refractivity contribution >= 4 is 11.6 Å². The van der Waals surface area contributed by atoms with Gasteiger partial charge in [-0.05, 0) is 19.1 Å². The number of hydrogen-bond donors (Lipinski definition) is 0. The molecule has 5 nitrogen and oxygen atoms in total. The van der Waals surface area contributed by atoms with Gasteiger partial charge in [0.2, 0.25) is 5.78 Å². The van der Waals surface area contributed by atoms with E-state index in [2.05, 4.69) is 5.10 Å². The fraction of sp³-hybridized carbons (Fsp3) is 0.136. The Hall–Kier alpha value is -3.47. The van der Waals surface area contributed by atoms with E-state index >= 15 is 0 Å². The van der Waals surface area contributed by atoms with Gasteiger partial charge >= 0.3 is 0 Å². The Kier molecular flexibility index (Phi) is 5.31. The van der Waals surface area contributed by atoms with Gasteiger partial charge in [-0.3, -0.25) is 9.59 Å². The smallest absolute Gasteiger partial charge is 0.208 e. The topological polar surface area (TPSA) is 55.2 Å². The summed E-state index contributed by atoms with van der Waals surface area (Å²) < 4.78 is 1.58. The van der Waals surface area contributed by atoms with E-state index in [1.807, 2.05) is 51.4 Å². The summed E-state index contributed by atoms with van der Waals surface area (Å²) in [6.07, 6.45) is 4.68. The molecule has 0 fully saturated rings. The molecule has 0 aliphatic carbocycles. The SMILES string of the molecule is Cc1ccc(-n2cc(C(=O)c3ccccc3)c(C(=O)/C=C/N(C)C)n2)cc1. The van der Waals surface area contributed by atoms with Crippen molar-refractivity contribution in [1.82, 2.24) is 14.7 Å². The Balaban J connectivity index is 2.07. The first-order chi connectivity index (χ1) is 13.0. The summed E-state index contributed by atoms with van der Waals surface area (Å²) in [5.74, 6) is -0.538. The van der Waals surface area contributed by atoms with Crippen LogP contribution in [0.4, 0.5) is 0 Å². The maximum Gasteiger partial charge on any atom is 0.208 e. The van der Waals surface area contributed by atoms with Crippen molar-refractivity contribution in [3.63, 3.8) is 0 Å². The third kappa shape index (κ3) is 4.20. The number of carbonyl (C=O) groups excluding carboxylic acids is 2. The second kappa shape index (κ2) is 7.83. The van der Waals surface area contributed by atoms with E-state index in [0.717, 1.165) is 11.3 Å². The predicted octanol–water partition coefficient (Wildman–Crippen LogP) is 3.67. The van der Waals surface area contributed by atoms with Gasteiger partial charge in [0.25, 0.3) is 0 Å². The lowest BCUT2D eigenvalue weighted by Crippen LogP contribution is -2.09. The van der Waals surface area contributed by atoms with Crippen molar-refractivity contribution in [2.45, 2.75) is 6.92 Å². The van der Waals surface area contributed by atoms with Crippen LogP contribution in [-0.4, -0.2) is 40.3 Å². The lowest BCUT2D eigenvalue weighted by Gasteiger charge is -2.03. The quantitative estimate of drug-likeness (QED) is 0.498. The molecule has 0 unspecified atom stereocenters. The fourth-order valence-corrected chi connectivity index (χ4v) is 2.59. The normalized spacial score (nSPS) is 10.9. The van der Waals surface area contributed by atoms with Gasteiger partial charge < -0.3 is 4.90 Å². The van der Waals surface area contributed by atoms with Crippen LogP contribution in [0.3, 0.4) is 0 Å². The van der Waals surface area contributed by atoms with E-state index in [1.54, 1.807) is 46.2 Å². The number of hydrogen-bond acceptors (Lipinski definition) is 4. The highest BCUT2D eigenvalue weighted by Crippen LogP contribution is 2.18. The minimum absolute atomic E-state index is 0.141. The minimum Gasteiger partial charge on any atom is -0.383 e. The molecule has 0 amide bonds. The number of aryl methyl sites for hydroxylation is 1. The summed E-state index contributed by atoms with van der Waals surface area (Å²) in [5.41, 5.74) is 2.86. The summed E-state index contributed by atoms with van der Waals surface area (Å²) in [4.78, 5) is 27.4. The van der Waals surface area contributed by atoms with Crippen molar-refractivity contribution in [2.24, 2.45) is 0 Å². The van der Waals surface area contributed by atoms with Crippen molar-refractivity contribution in [1.29, 1.82) is 0 Å². The molecule has 0 spiro atoms. The molecule has 0 aliphatic heterocycles. The molecule has 0 bridgehead atoms. The lowest BCUT2D eigenvalue weighted by atomic mass is 10.0. The van der Waals surface area contributed by atoms with Gasteiger partial charge in [-0.2, -0.15) is 5.10 Å². The summed E-state index contributed by atoms with van der Waals surface area (Å²) in [7, 11) is 3.65. The van der Waals surface area contributed by atoms with Gasteiger partial charge in [-0.25, -0.2) is 4.68 Å². The summed E-state index contributed by atoms with van der Waals surface area (Å²) in [6, 6.07) is 16.6. The van der Waals surface area contributed by atoms with Gasteiger partial charge in [-0.1, -0.05) is 48.0 Å². The van der Waals surface area contributed by atoms with Crippen LogP contribution in [0.5, 0.6) is 0 Å². The van der Waals surface area contributed by atoms with Crippen LogP contribution < -0.4 is 0 Å². The number of ketones is 2. The van der Waals surface area contributed by atoms with E-state index in [4.69, 9.17) is 0 Å². The Morgan fingerprint density at radius 1 is 1.00 bits per heavy atom. The molecule has 0 atom stereocenters. The molecule has 1 heterocycles. The van der Waals surface area contributed by atoms with Crippen LogP contribution in [0.2, 0.25) is 0 Å². The van der Waals surface area contributed by atoms with Crippen LogP contribution in [0.25, 0.3) is 5.69 Å². The van der Waals surface area contributed by atoms with E-state index < -0.39 is 0 Å². The van der Waals surface area contributed by atoms with Gasteiger partial charge in [0, 0.05) is 38.1 Å². The van der Waals surface area contributed by atoms with E-state index in [-0.39, 0.29) is 22.8 Å². The molecule has 136 valence electrons. The molecule has 27 heavy (non-hydrogen) atoms. The van der Waals surface area contributed by atoms with Crippen molar-refractivity contribution in [3.8, 4) is 5.69 Å². The zero-order valence-corrected chi connectivity index (χ0v) is 15.6. The second-order valence-electron chi connectivity index (χ2n) is 6.51. The molecule has 0 radical (unpaired) electrons. The number of aromatic nitrogens is 2. The fourth-order valence-electron chi connectivity index (χ4n) is 2.59. The molecule has 0 aliphatic rings. The number of carbonyl (C=O) groups is 2. The van der Waals surface area contributed by atoms with Crippen LogP contribution in [-0.2, 0) is 0 Å². The highest BCUT2D eigenvalue weighted by atomic mass is 16.1. The van der Waals surface area contributed by atoms with Crippen LogP contribution in [0, 0.1) is 6.92 Å². The molecular formula is C22H21N3O2. The third-order valence-corrected chi connectivity index (χ3v) is 4.05. The highest BCUT2D eigenvalue weighted by Gasteiger charge is 2.22. The number of nitrogens with zero attached hydrogens (tertiary/aromatic N) is 3. The first kappa shape index (κ1) is 18.3. The maximum absolute atomic E-state index is 13.0. The van der Waals surface area contributed by atoms with Gasteiger partial charge in [0.15, 0.2) is 5.78 Å². The Morgan fingerprint density at radius 3 is 2.30 bits per heavy atom. The summed E-state index contributed by atoms with van der Waals surface area (Å²) >= 11 is 0.